The number of thioether (sulfide) groups is 1. The van der Waals surface area contributed by atoms with E-state index in [9.17, 15) is 10.5 Å². The highest BCUT2D eigenvalue weighted by molar-refractivity contribution is 8.00. The second-order valence-electron chi connectivity index (χ2n) is 6.49. The maximum Gasteiger partial charge on any atom is 0.230 e. The quantitative estimate of drug-likeness (QED) is 0.898. The minimum absolute atomic E-state index is 0.245. The number of ether oxygens (including phenoxy) is 1. The maximum absolute atomic E-state index is 10.1. The third-order valence-electron chi connectivity index (χ3n) is 5.70. The molecule has 1 aromatic rings. The largest absolute Gasteiger partial charge is 0.386 e. The van der Waals surface area contributed by atoms with Crippen LogP contribution in [0.1, 0.15) is 12.5 Å². The molecule has 1 aromatic carbocycles. The molecule has 0 unspecified atom stereocenters. The number of aliphatic imine (C=N–C) groups is 1. The topological polar surface area (TPSA) is 95.2 Å². The maximum atomic E-state index is 10.1. The van der Waals surface area contributed by atoms with E-state index in [4.69, 9.17) is 10.5 Å². The number of fused-ring (bicyclic) bond motifs is 2. The molecule has 1 saturated heterocycles. The summed E-state index contributed by atoms with van der Waals surface area (Å²) >= 11 is 1.49. The molecule has 116 valence electrons. The molecule has 1 saturated carbocycles. The Morgan fingerprint density at radius 3 is 2.61 bits per heavy atom. The molecule has 5 nitrogen and oxygen atoms in total. The third-order valence-corrected chi connectivity index (χ3v) is 6.97. The lowest BCUT2D eigenvalue weighted by Gasteiger charge is -2.29. The first kappa shape index (κ1) is 14.6. The van der Waals surface area contributed by atoms with Crippen LogP contribution in [0.15, 0.2) is 35.3 Å². The predicted octanol–water partition coefficient (Wildman–Crippen LogP) is 2.06. The summed E-state index contributed by atoms with van der Waals surface area (Å²) in [6.45, 7) is 2.49. The zero-order valence-corrected chi connectivity index (χ0v) is 13.6. The van der Waals surface area contributed by atoms with Crippen molar-refractivity contribution in [1.82, 2.24) is 0 Å². The van der Waals surface area contributed by atoms with Crippen LogP contribution in [0.4, 0.5) is 0 Å². The molecular formula is C17H16N4OS. The van der Waals surface area contributed by atoms with Gasteiger partial charge in [0.15, 0.2) is 5.41 Å². The number of hydrogen-bond donors (Lipinski definition) is 1. The van der Waals surface area contributed by atoms with E-state index in [0.29, 0.717) is 13.0 Å². The van der Waals surface area contributed by atoms with Crippen molar-refractivity contribution in [3.05, 3.63) is 35.9 Å². The Morgan fingerprint density at radius 1 is 1.30 bits per heavy atom. The lowest BCUT2D eigenvalue weighted by Crippen LogP contribution is -2.37. The van der Waals surface area contributed by atoms with E-state index in [-0.39, 0.29) is 5.84 Å². The highest BCUT2D eigenvalue weighted by atomic mass is 32.2. The summed E-state index contributed by atoms with van der Waals surface area (Å²) in [5.74, 6) is 0.998. The van der Waals surface area contributed by atoms with Gasteiger partial charge in [-0.15, -0.1) is 0 Å². The first-order valence-corrected chi connectivity index (χ1v) is 8.52. The first-order chi connectivity index (χ1) is 11.0. The number of nitrogens with two attached hydrogens (primary N) is 1. The smallest absolute Gasteiger partial charge is 0.230 e. The molecule has 4 atom stereocenters. The normalized spacial score (nSPS) is 43.5. The summed E-state index contributed by atoms with van der Waals surface area (Å²) in [6, 6.07) is 14.7. The van der Waals surface area contributed by atoms with Crippen molar-refractivity contribution >= 4 is 17.6 Å². The van der Waals surface area contributed by atoms with Crippen molar-refractivity contribution in [3.63, 3.8) is 0 Å². The summed E-state index contributed by atoms with van der Waals surface area (Å²) in [6.07, 6.45) is 0.594. The number of rotatable bonds is 2. The van der Waals surface area contributed by atoms with Crippen LogP contribution in [-0.4, -0.2) is 23.3 Å². The molecule has 4 rings (SSSR count). The summed E-state index contributed by atoms with van der Waals surface area (Å²) < 4.78 is 5.90. The summed E-state index contributed by atoms with van der Waals surface area (Å²) in [7, 11) is 0. The van der Waals surface area contributed by atoms with Gasteiger partial charge in [-0.2, -0.15) is 10.5 Å². The Hall–Kier alpha value is -2.02. The second kappa shape index (κ2) is 4.29. The van der Waals surface area contributed by atoms with Crippen LogP contribution >= 0.6 is 11.8 Å². The molecule has 0 bridgehead atoms. The van der Waals surface area contributed by atoms with Crippen molar-refractivity contribution < 1.29 is 4.74 Å². The van der Waals surface area contributed by atoms with Crippen LogP contribution in [0.3, 0.4) is 0 Å². The fourth-order valence-corrected chi connectivity index (χ4v) is 6.08. The number of nitrogens with zero attached hydrogens (tertiary/aromatic N) is 3. The Bertz CT molecular complexity index is 789. The van der Waals surface area contributed by atoms with Gasteiger partial charge in [0.05, 0.1) is 18.7 Å². The molecule has 1 aliphatic carbocycles. The molecule has 1 spiro atoms. The SMILES string of the molecule is C[C@]1(Cc2ccccc2)[C@]2(C#N)C(N)=N[C@@]3(OCCS3)[C@]12C#N. The van der Waals surface area contributed by atoms with E-state index in [0.717, 1.165) is 11.3 Å². The van der Waals surface area contributed by atoms with Crippen molar-refractivity contribution in [2.24, 2.45) is 27.0 Å². The standard InChI is InChI=1S/C17H16N4OS/c1-14(9-12-5-3-2-4-6-12)15(10-18)13(20)21-17(16(14,15)11-19)22-7-8-23-17/h2-6H,7-9H2,1H3,(H2,20,21)/t14-,15-,16+,17+/m0/s1. The van der Waals surface area contributed by atoms with Crippen LogP contribution in [0.2, 0.25) is 0 Å². The van der Waals surface area contributed by atoms with E-state index < -0.39 is 21.3 Å². The first-order valence-electron chi connectivity index (χ1n) is 7.54. The van der Waals surface area contributed by atoms with E-state index in [1.54, 1.807) is 0 Å². The number of hydrogen-bond acceptors (Lipinski definition) is 6. The molecule has 6 heteroatoms. The van der Waals surface area contributed by atoms with Gasteiger partial charge in [0.2, 0.25) is 5.06 Å². The zero-order valence-electron chi connectivity index (χ0n) is 12.7. The van der Waals surface area contributed by atoms with Crippen LogP contribution in [0.5, 0.6) is 0 Å². The number of benzene rings is 1. The molecule has 0 radical (unpaired) electrons. The molecule has 0 aromatic heterocycles. The van der Waals surface area contributed by atoms with Gasteiger partial charge in [-0.3, -0.25) is 0 Å². The van der Waals surface area contributed by atoms with E-state index >= 15 is 0 Å². The van der Waals surface area contributed by atoms with Crippen molar-refractivity contribution in [3.8, 4) is 12.1 Å². The fourth-order valence-electron chi connectivity index (χ4n) is 4.66. The molecule has 2 N–H and O–H groups in total. The Morgan fingerprint density at radius 2 is 2.04 bits per heavy atom. The minimum atomic E-state index is -1.08. The highest BCUT2D eigenvalue weighted by Gasteiger charge is 2.98. The molecule has 2 fully saturated rings. The number of amidine groups is 1. The minimum Gasteiger partial charge on any atom is -0.386 e. The van der Waals surface area contributed by atoms with Gasteiger partial charge in [0, 0.05) is 11.2 Å². The van der Waals surface area contributed by atoms with Gasteiger partial charge in [-0.05, 0) is 12.0 Å². The van der Waals surface area contributed by atoms with E-state index in [1.807, 2.05) is 37.3 Å². The van der Waals surface area contributed by atoms with Crippen LogP contribution in [-0.2, 0) is 11.2 Å². The molecule has 2 heterocycles. The van der Waals surface area contributed by atoms with Crippen LogP contribution in [0, 0.1) is 38.9 Å². The lowest BCUT2D eigenvalue weighted by molar-refractivity contribution is 0.00912. The van der Waals surface area contributed by atoms with Gasteiger partial charge in [0.25, 0.3) is 0 Å². The predicted molar refractivity (Wildman–Crippen MR) is 87.1 cm³/mol. The Kier molecular flexibility index (Phi) is 2.71. The third kappa shape index (κ3) is 1.28. The lowest BCUT2D eigenvalue weighted by atomic mass is 9.86. The summed E-state index contributed by atoms with van der Waals surface area (Å²) in [5.41, 5.74) is 4.54. The van der Waals surface area contributed by atoms with Crippen LogP contribution in [0.25, 0.3) is 0 Å². The molecule has 0 amide bonds. The van der Waals surface area contributed by atoms with Gasteiger partial charge in [-0.25, -0.2) is 4.99 Å². The zero-order chi connectivity index (χ0) is 16.3. The van der Waals surface area contributed by atoms with E-state index in [1.165, 1.54) is 11.8 Å². The van der Waals surface area contributed by atoms with Gasteiger partial charge < -0.3 is 10.5 Å². The van der Waals surface area contributed by atoms with Gasteiger partial charge in [-0.1, -0.05) is 49.0 Å². The van der Waals surface area contributed by atoms with Crippen molar-refractivity contribution in [2.75, 3.05) is 12.4 Å². The monoisotopic (exact) mass is 324 g/mol. The molecular weight excluding hydrogens is 308 g/mol. The average molecular weight is 324 g/mol. The molecule has 3 aliphatic rings. The fraction of sp³-hybridized carbons (Fsp3) is 0.471. The summed E-state index contributed by atoms with van der Waals surface area (Å²) in [5, 5.41) is 19.0. The summed E-state index contributed by atoms with van der Waals surface area (Å²) in [4.78, 5) is 4.46. The van der Waals surface area contributed by atoms with Crippen LogP contribution < -0.4 is 5.73 Å². The Labute approximate surface area is 139 Å². The Balaban J connectivity index is 1.88. The highest BCUT2D eigenvalue weighted by Crippen LogP contribution is 2.87. The van der Waals surface area contributed by atoms with Gasteiger partial charge in [0.1, 0.15) is 11.3 Å². The van der Waals surface area contributed by atoms with Gasteiger partial charge >= 0.3 is 0 Å². The van der Waals surface area contributed by atoms with E-state index in [2.05, 4.69) is 17.1 Å². The van der Waals surface area contributed by atoms with Crippen molar-refractivity contribution in [2.45, 2.75) is 18.4 Å². The average Bonchev–Trinajstić information content (AvgIpc) is 2.86. The molecule has 23 heavy (non-hydrogen) atoms. The number of nitriles is 2. The second-order valence-corrected chi connectivity index (χ2v) is 7.74. The molecule has 2 aliphatic heterocycles. The van der Waals surface area contributed by atoms with Crippen molar-refractivity contribution in [1.29, 1.82) is 10.5 Å².